The lowest BCUT2D eigenvalue weighted by atomic mass is 10.2. The van der Waals surface area contributed by atoms with E-state index in [1.165, 1.54) is 0 Å². The average Bonchev–Trinajstić information content (AvgIpc) is 2.77. The fraction of sp³-hybridized carbons (Fsp3) is 0.545. The molecule has 1 aromatic heterocycles. The molecular weight excluding hydrogens is 190 g/mol. The normalized spacial score (nSPS) is 12.3. The highest BCUT2D eigenvalue weighted by molar-refractivity contribution is 5.15. The van der Waals surface area contributed by atoms with E-state index in [-0.39, 0.29) is 6.04 Å². The lowest BCUT2D eigenvalue weighted by molar-refractivity contribution is 0.144. The summed E-state index contributed by atoms with van der Waals surface area (Å²) in [6.45, 7) is 4.26. The number of nitriles is 1. The van der Waals surface area contributed by atoms with Gasteiger partial charge in [0.2, 0.25) is 0 Å². The van der Waals surface area contributed by atoms with Gasteiger partial charge in [-0.05, 0) is 32.0 Å². The molecule has 0 saturated heterocycles. The lowest BCUT2D eigenvalue weighted by Gasteiger charge is -2.09. The zero-order valence-electron chi connectivity index (χ0n) is 8.99. The zero-order valence-corrected chi connectivity index (χ0v) is 8.99. The maximum atomic E-state index is 8.94. The monoisotopic (exact) mass is 207 g/mol. The quantitative estimate of drug-likeness (QED) is 0.667. The van der Waals surface area contributed by atoms with Crippen LogP contribution in [-0.4, -0.2) is 24.7 Å². The van der Waals surface area contributed by atoms with E-state index in [4.69, 9.17) is 10.00 Å². The van der Waals surface area contributed by atoms with E-state index in [0.717, 1.165) is 31.9 Å². The van der Waals surface area contributed by atoms with Crippen LogP contribution in [0.25, 0.3) is 0 Å². The predicted octanol–water partition coefficient (Wildman–Crippen LogP) is 1.60. The van der Waals surface area contributed by atoms with Gasteiger partial charge in [-0.2, -0.15) is 5.26 Å². The SMILES string of the molecule is CCOCCCNC(C#N)c1ccc[nH]1. The summed E-state index contributed by atoms with van der Waals surface area (Å²) in [4.78, 5) is 3.02. The van der Waals surface area contributed by atoms with Gasteiger partial charge >= 0.3 is 0 Å². The molecule has 1 aromatic rings. The van der Waals surface area contributed by atoms with E-state index in [0.29, 0.717) is 0 Å². The Labute approximate surface area is 90.3 Å². The molecule has 0 aromatic carbocycles. The number of aromatic nitrogens is 1. The number of H-pyrrole nitrogens is 1. The molecule has 0 aliphatic heterocycles. The third-order valence-electron chi connectivity index (χ3n) is 2.08. The molecule has 0 bridgehead atoms. The van der Waals surface area contributed by atoms with Gasteiger partial charge in [-0.1, -0.05) is 0 Å². The van der Waals surface area contributed by atoms with Crippen molar-refractivity contribution in [1.82, 2.24) is 10.3 Å². The van der Waals surface area contributed by atoms with Crippen LogP contribution in [0.1, 0.15) is 25.1 Å². The third-order valence-corrected chi connectivity index (χ3v) is 2.08. The van der Waals surface area contributed by atoms with Crippen LogP contribution in [0.3, 0.4) is 0 Å². The van der Waals surface area contributed by atoms with Crippen LogP contribution >= 0.6 is 0 Å². The molecule has 2 N–H and O–H groups in total. The van der Waals surface area contributed by atoms with Gasteiger partial charge in [0.25, 0.3) is 0 Å². The molecule has 1 heterocycles. The van der Waals surface area contributed by atoms with Crippen molar-refractivity contribution >= 4 is 0 Å². The van der Waals surface area contributed by atoms with Gasteiger partial charge in [-0.25, -0.2) is 0 Å². The third kappa shape index (κ3) is 4.15. The molecule has 0 saturated carbocycles. The Morgan fingerprint density at radius 3 is 3.13 bits per heavy atom. The second kappa shape index (κ2) is 7.04. The van der Waals surface area contributed by atoms with Crippen LogP contribution in [0.5, 0.6) is 0 Å². The molecule has 1 rings (SSSR count). The molecule has 4 heteroatoms. The van der Waals surface area contributed by atoms with Gasteiger partial charge in [0.15, 0.2) is 0 Å². The van der Waals surface area contributed by atoms with E-state index in [9.17, 15) is 0 Å². The molecule has 1 atom stereocenters. The van der Waals surface area contributed by atoms with E-state index in [1.54, 1.807) is 0 Å². The summed E-state index contributed by atoms with van der Waals surface area (Å²) in [6, 6.07) is 5.76. The van der Waals surface area contributed by atoms with Crippen molar-refractivity contribution in [2.24, 2.45) is 0 Å². The van der Waals surface area contributed by atoms with Crippen molar-refractivity contribution in [3.05, 3.63) is 24.0 Å². The highest BCUT2D eigenvalue weighted by atomic mass is 16.5. The number of ether oxygens (including phenoxy) is 1. The number of rotatable bonds is 7. The Hall–Kier alpha value is -1.31. The van der Waals surface area contributed by atoms with Crippen molar-refractivity contribution in [3.8, 4) is 6.07 Å². The number of nitrogens with zero attached hydrogens (tertiary/aromatic N) is 1. The molecule has 4 nitrogen and oxygen atoms in total. The van der Waals surface area contributed by atoms with Crippen molar-refractivity contribution in [3.63, 3.8) is 0 Å². The standard InChI is InChI=1S/C11H17N3O/c1-2-15-8-4-7-14-11(9-12)10-5-3-6-13-10/h3,5-6,11,13-14H,2,4,7-8H2,1H3. The molecule has 1 unspecified atom stereocenters. The van der Waals surface area contributed by atoms with Gasteiger partial charge in [0, 0.05) is 25.1 Å². The van der Waals surface area contributed by atoms with E-state index >= 15 is 0 Å². The number of hydrogen-bond donors (Lipinski definition) is 2. The summed E-state index contributed by atoms with van der Waals surface area (Å²) in [5.74, 6) is 0. The maximum absolute atomic E-state index is 8.94. The summed E-state index contributed by atoms with van der Waals surface area (Å²) in [5, 5.41) is 12.1. The van der Waals surface area contributed by atoms with Crippen LogP contribution in [0, 0.1) is 11.3 Å². The van der Waals surface area contributed by atoms with Crippen molar-refractivity contribution in [2.75, 3.05) is 19.8 Å². The van der Waals surface area contributed by atoms with E-state index in [1.807, 2.05) is 25.3 Å². The average molecular weight is 207 g/mol. The molecule has 15 heavy (non-hydrogen) atoms. The minimum Gasteiger partial charge on any atom is -0.382 e. The Bertz CT molecular complexity index is 289. The molecule has 0 radical (unpaired) electrons. The first-order valence-electron chi connectivity index (χ1n) is 5.22. The largest absolute Gasteiger partial charge is 0.382 e. The first-order chi connectivity index (χ1) is 7.38. The molecule has 0 aliphatic carbocycles. The lowest BCUT2D eigenvalue weighted by Crippen LogP contribution is -2.22. The Morgan fingerprint density at radius 2 is 2.53 bits per heavy atom. The number of aromatic amines is 1. The number of nitrogens with one attached hydrogen (secondary N) is 2. The van der Waals surface area contributed by atoms with Gasteiger partial charge in [-0.3, -0.25) is 5.32 Å². The summed E-state index contributed by atoms with van der Waals surface area (Å²) >= 11 is 0. The van der Waals surface area contributed by atoms with Crippen LogP contribution in [0.4, 0.5) is 0 Å². The first-order valence-corrected chi connectivity index (χ1v) is 5.22. The predicted molar refractivity (Wildman–Crippen MR) is 58.3 cm³/mol. The van der Waals surface area contributed by atoms with Gasteiger partial charge in [-0.15, -0.1) is 0 Å². The second-order valence-electron chi connectivity index (χ2n) is 3.19. The second-order valence-corrected chi connectivity index (χ2v) is 3.19. The highest BCUT2D eigenvalue weighted by Gasteiger charge is 2.08. The topological polar surface area (TPSA) is 60.8 Å². The molecule has 0 amide bonds. The molecule has 82 valence electrons. The maximum Gasteiger partial charge on any atom is 0.136 e. The van der Waals surface area contributed by atoms with Crippen LogP contribution < -0.4 is 5.32 Å². The van der Waals surface area contributed by atoms with Crippen molar-refractivity contribution < 1.29 is 4.74 Å². The Morgan fingerprint density at radius 1 is 1.67 bits per heavy atom. The van der Waals surface area contributed by atoms with E-state index < -0.39 is 0 Å². The summed E-state index contributed by atoms with van der Waals surface area (Å²) in [7, 11) is 0. The highest BCUT2D eigenvalue weighted by Crippen LogP contribution is 2.08. The number of hydrogen-bond acceptors (Lipinski definition) is 3. The molecule has 0 aliphatic rings. The zero-order chi connectivity index (χ0) is 10.9. The van der Waals surface area contributed by atoms with E-state index in [2.05, 4.69) is 16.4 Å². The van der Waals surface area contributed by atoms with Crippen LogP contribution in [0.15, 0.2) is 18.3 Å². The summed E-state index contributed by atoms with van der Waals surface area (Å²) < 4.78 is 5.21. The van der Waals surface area contributed by atoms with Gasteiger partial charge < -0.3 is 9.72 Å². The molecular formula is C11H17N3O. The van der Waals surface area contributed by atoms with Gasteiger partial charge in [0.05, 0.1) is 6.07 Å². The minimum absolute atomic E-state index is 0.248. The van der Waals surface area contributed by atoms with Crippen LogP contribution in [-0.2, 0) is 4.74 Å². The van der Waals surface area contributed by atoms with Gasteiger partial charge in [0.1, 0.15) is 6.04 Å². The van der Waals surface area contributed by atoms with Crippen LogP contribution in [0.2, 0.25) is 0 Å². The van der Waals surface area contributed by atoms with Crippen molar-refractivity contribution in [1.29, 1.82) is 5.26 Å². The Balaban J connectivity index is 2.22. The minimum atomic E-state index is -0.248. The molecule has 0 fully saturated rings. The fourth-order valence-corrected chi connectivity index (χ4v) is 1.31. The first kappa shape index (κ1) is 11.8. The Kier molecular flexibility index (Phi) is 5.52. The summed E-state index contributed by atoms with van der Waals surface area (Å²) in [5.41, 5.74) is 0.911. The fourth-order valence-electron chi connectivity index (χ4n) is 1.31. The summed E-state index contributed by atoms with van der Waals surface area (Å²) in [6.07, 6.45) is 2.74. The molecule has 0 spiro atoms. The van der Waals surface area contributed by atoms with Crippen molar-refractivity contribution in [2.45, 2.75) is 19.4 Å². The smallest absolute Gasteiger partial charge is 0.136 e.